The van der Waals surface area contributed by atoms with Crippen LogP contribution >= 0.6 is 0 Å². The third-order valence-electron chi connectivity index (χ3n) is 1.03. The fraction of sp³-hybridized carbons (Fsp3) is 1.00. The van der Waals surface area contributed by atoms with Gasteiger partial charge in [-0.15, -0.1) is 0 Å². The third-order valence-corrected chi connectivity index (χ3v) is 1.03. The van der Waals surface area contributed by atoms with Crippen LogP contribution in [0.25, 0.3) is 0 Å². The van der Waals surface area contributed by atoms with Crippen LogP contribution in [0.1, 0.15) is 27.2 Å². The van der Waals surface area contributed by atoms with Crippen LogP contribution in [0.3, 0.4) is 0 Å². The van der Waals surface area contributed by atoms with Gasteiger partial charge in [-0.1, -0.05) is 20.8 Å². The molecular formula is C8H22N2. The highest BCUT2D eigenvalue weighted by Gasteiger charge is 1.80. The molecule has 0 bridgehead atoms. The van der Waals surface area contributed by atoms with E-state index in [-0.39, 0.29) is 0 Å². The monoisotopic (exact) mass is 146 g/mol. The Bertz CT molecular complexity index is 32.2. The van der Waals surface area contributed by atoms with Crippen molar-refractivity contribution in [3.05, 3.63) is 0 Å². The van der Waals surface area contributed by atoms with E-state index in [0.29, 0.717) is 0 Å². The van der Waals surface area contributed by atoms with Gasteiger partial charge >= 0.3 is 0 Å². The smallest absolute Gasteiger partial charge is 0.00369 e. The Morgan fingerprint density at radius 1 is 1.10 bits per heavy atom. The van der Waals surface area contributed by atoms with Crippen LogP contribution in [-0.2, 0) is 0 Å². The second-order valence-corrected chi connectivity index (χ2v) is 1.81. The van der Waals surface area contributed by atoms with Crippen LogP contribution in [0.2, 0.25) is 0 Å². The van der Waals surface area contributed by atoms with Gasteiger partial charge in [0.2, 0.25) is 0 Å². The molecule has 0 radical (unpaired) electrons. The van der Waals surface area contributed by atoms with Crippen LogP contribution in [0.15, 0.2) is 0 Å². The number of hydrogen-bond acceptors (Lipinski definition) is 2. The minimum atomic E-state index is 1.09. The van der Waals surface area contributed by atoms with E-state index in [1.807, 2.05) is 20.9 Å². The molecule has 2 nitrogen and oxygen atoms in total. The van der Waals surface area contributed by atoms with Gasteiger partial charge in [0.05, 0.1) is 0 Å². The predicted molar refractivity (Wildman–Crippen MR) is 48.4 cm³/mol. The molecule has 0 spiro atoms. The summed E-state index contributed by atoms with van der Waals surface area (Å²) in [4.78, 5) is 0. The van der Waals surface area contributed by atoms with Gasteiger partial charge in [-0.05, 0) is 33.1 Å². The zero-order valence-electron chi connectivity index (χ0n) is 7.83. The van der Waals surface area contributed by atoms with Crippen LogP contribution in [0.5, 0.6) is 0 Å². The van der Waals surface area contributed by atoms with Crippen LogP contribution in [0, 0.1) is 0 Å². The van der Waals surface area contributed by atoms with Gasteiger partial charge < -0.3 is 10.6 Å². The van der Waals surface area contributed by atoms with Crippen LogP contribution < -0.4 is 10.6 Å². The lowest BCUT2D eigenvalue weighted by Gasteiger charge is -1.98. The fourth-order valence-electron chi connectivity index (χ4n) is 0.567. The van der Waals surface area contributed by atoms with Crippen molar-refractivity contribution in [1.82, 2.24) is 10.6 Å². The topological polar surface area (TPSA) is 24.1 Å². The first-order valence-electron chi connectivity index (χ1n) is 4.27. The second-order valence-electron chi connectivity index (χ2n) is 1.81. The van der Waals surface area contributed by atoms with Crippen molar-refractivity contribution in [1.29, 1.82) is 0 Å². The summed E-state index contributed by atoms with van der Waals surface area (Å²) in [6, 6.07) is 0. The maximum atomic E-state index is 3.24. The van der Waals surface area contributed by atoms with Crippen molar-refractivity contribution in [2.45, 2.75) is 27.2 Å². The van der Waals surface area contributed by atoms with E-state index < -0.39 is 0 Å². The average Bonchev–Trinajstić information content (AvgIpc) is 2.02. The normalized spacial score (nSPS) is 8.40. The average molecular weight is 146 g/mol. The van der Waals surface area contributed by atoms with E-state index in [2.05, 4.69) is 17.6 Å². The van der Waals surface area contributed by atoms with Gasteiger partial charge in [-0.25, -0.2) is 0 Å². The SMILES string of the molecule is CC.CCNCCCNC. The van der Waals surface area contributed by atoms with Crippen molar-refractivity contribution >= 4 is 0 Å². The number of rotatable bonds is 5. The molecule has 0 saturated heterocycles. The molecule has 0 aromatic rings. The largest absolute Gasteiger partial charge is 0.320 e. The second kappa shape index (κ2) is 16.0. The molecule has 0 aromatic carbocycles. The number of hydrogen-bond donors (Lipinski definition) is 2. The molecule has 2 N–H and O–H groups in total. The first-order valence-corrected chi connectivity index (χ1v) is 4.27. The molecule has 0 aliphatic rings. The van der Waals surface area contributed by atoms with E-state index in [4.69, 9.17) is 0 Å². The molecule has 0 amide bonds. The van der Waals surface area contributed by atoms with E-state index in [1.54, 1.807) is 0 Å². The summed E-state index contributed by atoms with van der Waals surface area (Å²) in [6.45, 7) is 9.47. The Morgan fingerprint density at radius 3 is 2.10 bits per heavy atom. The summed E-state index contributed by atoms with van der Waals surface area (Å²) in [5, 5.41) is 6.33. The quantitative estimate of drug-likeness (QED) is 0.570. The molecule has 0 rings (SSSR count). The maximum absolute atomic E-state index is 3.24. The first-order chi connectivity index (χ1) is 4.91. The highest BCUT2D eigenvalue weighted by Crippen LogP contribution is 1.69. The molecule has 64 valence electrons. The van der Waals surface area contributed by atoms with E-state index in [0.717, 1.165) is 19.6 Å². The number of nitrogens with one attached hydrogen (secondary N) is 2. The molecule has 0 heterocycles. The molecule has 0 unspecified atom stereocenters. The van der Waals surface area contributed by atoms with Crippen molar-refractivity contribution in [2.75, 3.05) is 26.7 Å². The molecule has 2 heteroatoms. The zero-order valence-corrected chi connectivity index (χ0v) is 7.83. The Balaban J connectivity index is 0. The zero-order chi connectivity index (χ0) is 8.24. The molecular weight excluding hydrogens is 124 g/mol. The summed E-state index contributed by atoms with van der Waals surface area (Å²) in [7, 11) is 1.98. The highest BCUT2D eigenvalue weighted by molar-refractivity contribution is 4.44. The highest BCUT2D eigenvalue weighted by atomic mass is 14.9. The molecule has 0 fully saturated rings. The molecule has 10 heavy (non-hydrogen) atoms. The summed E-state index contributed by atoms with van der Waals surface area (Å²) in [5.41, 5.74) is 0. The fourth-order valence-corrected chi connectivity index (χ4v) is 0.567. The lowest BCUT2D eigenvalue weighted by molar-refractivity contribution is 0.642. The summed E-state index contributed by atoms with van der Waals surface area (Å²) in [5.74, 6) is 0. The minimum absolute atomic E-state index is 1.09. The maximum Gasteiger partial charge on any atom is -0.00369 e. The molecule has 0 atom stereocenters. The molecule has 0 saturated carbocycles. The van der Waals surface area contributed by atoms with Crippen molar-refractivity contribution in [2.24, 2.45) is 0 Å². The van der Waals surface area contributed by atoms with E-state index >= 15 is 0 Å². The van der Waals surface area contributed by atoms with Crippen molar-refractivity contribution in [3.8, 4) is 0 Å². The van der Waals surface area contributed by atoms with Gasteiger partial charge in [-0.2, -0.15) is 0 Å². The lowest BCUT2D eigenvalue weighted by atomic mass is 10.4. The Labute approximate surface area is 65.4 Å². The standard InChI is InChI=1S/C6H16N2.C2H6/c1-3-8-6-4-5-7-2;1-2/h7-8H,3-6H2,1-2H3;1-2H3. The Morgan fingerprint density at radius 2 is 1.70 bits per heavy atom. The predicted octanol–water partition coefficient (Wildman–Crippen LogP) is 1.23. The Kier molecular flexibility index (Phi) is 20.1. The van der Waals surface area contributed by atoms with Gasteiger partial charge in [0.1, 0.15) is 0 Å². The first kappa shape index (κ1) is 12.6. The van der Waals surface area contributed by atoms with Gasteiger partial charge in [0, 0.05) is 0 Å². The minimum Gasteiger partial charge on any atom is -0.320 e. The summed E-state index contributed by atoms with van der Waals surface area (Å²) in [6.07, 6.45) is 1.23. The van der Waals surface area contributed by atoms with E-state index in [1.165, 1.54) is 6.42 Å². The van der Waals surface area contributed by atoms with E-state index in [9.17, 15) is 0 Å². The lowest BCUT2D eigenvalue weighted by Crippen LogP contribution is -2.18. The summed E-state index contributed by atoms with van der Waals surface area (Å²) >= 11 is 0. The van der Waals surface area contributed by atoms with Gasteiger partial charge in [0.15, 0.2) is 0 Å². The van der Waals surface area contributed by atoms with Gasteiger partial charge in [-0.3, -0.25) is 0 Å². The molecule has 0 aliphatic carbocycles. The van der Waals surface area contributed by atoms with Gasteiger partial charge in [0.25, 0.3) is 0 Å². The Hall–Kier alpha value is -0.0800. The van der Waals surface area contributed by atoms with Crippen LogP contribution in [0.4, 0.5) is 0 Å². The summed E-state index contributed by atoms with van der Waals surface area (Å²) < 4.78 is 0. The van der Waals surface area contributed by atoms with Crippen LogP contribution in [-0.4, -0.2) is 26.7 Å². The third kappa shape index (κ3) is 15.7. The molecule has 0 aromatic heterocycles. The van der Waals surface area contributed by atoms with Crippen molar-refractivity contribution < 1.29 is 0 Å². The van der Waals surface area contributed by atoms with Crippen molar-refractivity contribution in [3.63, 3.8) is 0 Å². The molecule has 0 aliphatic heterocycles.